The number of unbranched alkanes of at least 4 members (excludes halogenated alkanes) is 1. The topological polar surface area (TPSA) is 29.1 Å². The van der Waals surface area contributed by atoms with Crippen LogP contribution in [0.3, 0.4) is 0 Å². The van der Waals surface area contributed by atoms with Crippen molar-refractivity contribution in [3.05, 3.63) is 13.2 Å². The molecule has 0 bridgehead atoms. The van der Waals surface area contributed by atoms with Gasteiger partial charge in [0.2, 0.25) is 5.91 Å². The van der Waals surface area contributed by atoms with Crippen LogP contribution < -0.4 is 5.32 Å². The van der Waals surface area contributed by atoms with Crippen molar-refractivity contribution in [1.82, 2.24) is 5.32 Å². The van der Waals surface area contributed by atoms with Crippen molar-refractivity contribution < 1.29 is 4.79 Å². The average molecular weight is 171 g/mol. The van der Waals surface area contributed by atoms with E-state index in [0.29, 0.717) is 6.42 Å². The Balaban J connectivity index is 0. The Kier molecular flexibility index (Phi) is 14.8. The van der Waals surface area contributed by atoms with E-state index >= 15 is 0 Å². The highest BCUT2D eigenvalue weighted by Gasteiger charge is 1.95. The van der Waals surface area contributed by atoms with Gasteiger partial charge in [-0.2, -0.15) is 0 Å². The summed E-state index contributed by atoms with van der Waals surface area (Å²) in [5.41, 5.74) is 0. The van der Waals surface area contributed by atoms with E-state index in [1.54, 1.807) is 0 Å². The molecule has 0 rings (SSSR count). The van der Waals surface area contributed by atoms with Gasteiger partial charge in [0.1, 0.15) is 0 Å². The standard InChI is InChI=1S/C8H17NO.C2H4/c1-3-5-7-9-8(10)6-4-2;1-2/h3-7H2,1-2H3,(H,9,10);1-2H2. The molecule has 0 saturated carbocycles. The van der Waals surface area contributed by atoms with Crippen LogP contribution in [-0.2, 0) is 4.79 Å². The molecule has 0 aromatic heterocycles. The quantitative estimate of drug-likeness (QED) is 0.500. The lowest BCUT2D eigenvalue weighted by Crippen LogP contribution is -2.23. The minimum absolute atomic E-state index is 0.191. The summed E-state index contributed by atoms with van der Waals surface area (Å²) in [6, 6.07) is 0. The summed E-state index contributed by atoms with van der Waals surface area (Å²) in [6.07, 6.45) is 3.85. The Morgan fingerprint density at radius 3 is 2.25 bits per heavy atom. The third-order valence-corrected chi connectivity index (χ3v) is 1.33. The van der Waals surface area contributed by atoms with Crippen LogP contribution in [0.25, 0.3) is 0 Å². The van der Waals surface area contributed by atoms with Crippen molar-refractivity contribution in [2.75, 3.05) is 6.54 Å². The van der Waals surface area contributed by atoms with Crippen molar-refractivity contribution in [3.63, 3.8) is 0 Å². The lowest BCUT2D eigenvalue weighted by molar-refractivity contribution is -0.121. The lowest BCUT2D eigenvalue weighted by Gasteiger charge is -2.00. The third kappa shape index (κ3) is 11.9. The van der Waals surface area contributed by atoms with E-state index in [9.17, 15) is 4.79 Å². The number of amides is 1. The Morgan fingerprint density at radius 2 is 1.83 bits per heavy atom. The minimum Gasteiger partial charge on any atom is -0.356 e. The number of nitrogens with one attached hydrogen (secondary N) is 1. The van der Waals surface area contributed by atoms with Crippen LogP contribution in [0, 0.1) is 0 Å². The zero-order valence-corrected chi connectivity index (χ0v) is 8.36. The maximum Gasteiger partial charge on any atom is 0.219 e. The molecule has 0 heterocycles. The second-order valence-corrected chi connectivity index (χ2v) is 2.45. The summed E-state index contributed by atoms with van der Waals surface area (Å²) in [4.78, 5) is 10.8. The molecule has 0 fully saturated rings. The SMILES string of the molecule is C=C.CCCCNC(=O)CCC. The molecule has 2 nitrogen and oxygen atoms in total. The summed E-state index contributed by atoms with van der Waals surface area (Å²) in [7, 11) is 0. The van der Waals surface area contributed by atoms with Crippen LogP contribution in [0.1, 0.15) is 39.5 Å². The third-order valence-electron chi connectivity index (χ3n) is 1.33. The summed E-state index contributed by atoms with van der Waals surface area (Å²) in [5, 5.41) is 2.85. The molecule has 1 amide bonds. The van der Waals surface area contributed by atoms with Gasteiger partial charge in [-0.05, 0) is 12.8 Å². The highest BCUT2D eigenvalue weighted by atomic mass is 16.1. The van der Waals surface area contributed by atoms with Crippen LogP contribution in [0.4, 0.5) is 0 Å². The number of rotatable bonds is 5. The average Bonchev–Trinajstić information content (AvgIpc) is 2.09. The highest BCUT2D eigenvalue weighted by molar-refractivity contribution is 5.75. The fourth-order valence-electron chi connectivity index (χ4n) is 0.720. The predicted molar refractivity (Wildman–Crippen MR) is 54.1 cm³/mol. The number of carbonyl (C=O) groups is 1. The van der Waals surface area contributed by atoms with Gasteiger partial charge >= 0.3 is 0 Å². The zero-order chi connectivity index (χ0) is 9.82. The fourth-order valence-corrected chi connectivity index (χ4v) is 0.720. The lowest BCUT2D eigenvalue weighted by atomic mass is 10.3. The Morgan fingerprint density at radius 1 is 1.25 bits per heavy atom. The van der Waals surface area contributed by atoms with E-state index < -0.39 is 0 Å². The van der Waals surface area contributed by atoms with E-state index in [0.717, 1.165) is 25.8 Å². The maximum absolute atomic E-state index is 10.8. The van der Waals surface area contributed by atoms with Gasteiger partial charge in [-0.3, -0.25) is 4.79 Å². The molecule has 0 spiro atoms. The molecule has 12 heavy (non-hydrogen) atoms. The largest absolute Gasteiger partial charge is 0.356 e. The molecular formula is C10H21NO. The van der Waals surface area contributed by atoms with E-state index in [2.05, 4.69) is 25.4 Å². The first-order chi connectivity index (χ1) is 5.81. The number of carbonyl (C=O) groups excluding carboxylic acids is 1. The Bertz CT molecular complexity index is 102. The summed E-state index contributed by atoms with van der Waals surface area (Å²) < 4.78 is 0. The molecule has 1 N–H and O–H groups in total. The molecule has 0 aromatic rings. The first-order valence-corrected chi connectivity index (χ1v) is 4.58. The molecule has 0 aliphatic rings. The van der Waals surface area contributed by atoms with Crippen LogP contribution >= 0.6 is 0 Å². The predicted octanol–water partition coefficient (Wildman–Crippen LogP) is 2.51. The maximum atomic E-state index is 10.8. The van der Waals surface area contributed by atoms with E-state index in [4.69, 9.17) is 0 Å². The monoisotopic (exact) mass is 171 g/mol. The molecule has 72 valence electrons. The van der Waals surface area contributed by atoms with Gasteiger partial charge in [0.15, 0.2) is 0 Å². The Labute approximate surface area is 76.1 Å². The summed E-state index contributed by atoms with van der Waals surface area (Å²) >= 11 is 0. The molecule has 0 aromatic carbocycles. The van der Waals surface area contributed by atoms with Crippen molar-refractivity contribution in [1.29, 1.82) is 0 Å². The van der Waals surface area contributed by atoms with Crippen LogP contribution in [0.2, 0.25) is 0 Å². The van der Waals surface area contributed by atoms with Crippen LogP contribution in [0.5, 0.6) is 0 Å². The fraction of sp³-hybridized carbons (Fsp3) is 0.700. The van der Waals surface area contributed by atoms with Gasteiger partial charge in [0.25, 0.3) is 0 Å². The number of hydrogen-bond acceptors (Lipinski definition) is 1. The normalized spacial score (nSPS) is 8.17. The van der Waals surface area contributed by atoms with E-state index in [1.807, 2.05) is 6.92 Å². The molecule has 0 aliphatic carbocycles. The minimum atomic E-state index is 0.191. The summed E-state index contributed by atoms with van der Waals surface area (Å²) in [6.45, 7) is 11.0. The number of hydrogen-bond donors (Lipinski definition) is 1. The highest BCUT2D eigenvalue weighted by Crippen LogP contribution is 1.87. The first kappa shape index (κ1) is 13.8. The van der Waals surface area contributed by atoms with Gasteiger partial charge in [-0.25, -0.2) is 0 Å². The molecular weight excluding hydrogens is 150 g/mol. The molecule has 2 heteroatoms. The second kappa shape index (κ2) is 12.8. The van der Waals surface area contributed by atoms with Crippen molar-refractivity contribution in [2.45, 2.75) is 39.5 Å². The first-order valence-electron chi connectivity index (χ1n) is 4.58. The van der Waals surface area contributed by atoms with Crippen molar-refractivity contribution in [3.8, 4) is 0 Å². The van der Waals surface area contributed by atoms with Crippen molar-refractivity contribution >= 4 is 5.91 Å². The summed E-state index contributed by atoms with van der Waals surface area (Å²) in [5.74, 6) is 0.191. The second-order valence-electron chi connectivity index (χ2n) is 2.45. The molecule has 0 atom stereocenters. The van der Waals surface area contributed by atoms with Crippen molar-refractivity contribution in [2.24, 2.45) is 0 Å². The van der Waals surface area contributed by atoms with Crippen LogP contribution in [0.15, 0.2) is 13.2 Å². The van der Waals surface area contributed by atoms with Crippen LogP contribution in [-0.4, -0.2) is 12.5 Å². The zero-order valence-electron chi connectivity index (χ0n) is 8.36. The van der Waals surface area contributed by atoms with Gasteiger partial charge in [-0.1, -0.05) is 20.3 Å². The molecule has 0 radical (unpaired) electrons. The molecule has 0 aliphatic heterocycles. The van der Waals surface area contributed by atoms with E-state index in [1.165, 1.54) is 0 Å². The van der Waals surface area contributed by atoms with Gasteiger partial charge in [-0.15, -0.1) is 13.2 Å². The van der Waals surface area contributed by atoms with Gasteiger partial charge in [0, 0.05) is 13.0 Å². The molecule has 0 saturated heterocycles. The Hall–Kier alpha value is -0.790. The van der Waals surface area contributed by atoms with E-state index in [-0.39, 0.29) is 5.91 Å². The molecule has 0 unspecified atom stereocenters. The van der Waals surface area contributed by atoms with Gasteiger partial charge < -0.3 is 5.32 Å². The smallest absolute Gasteiger partial charge is 0.219 e. The van der Waals surface area contributed by atoms with Gasteiger partial charge in [0.05, 0.1) is 0 Å².